The number of alkyl carbamates (subject to hydrolysis) is 1. The Kier molecular flexibility index (Phi) is 4.58. The molecule has 0 aromatic rings. The number of ether oxygens (including phenoxy) is 2. The number of alkyl halides is 2. The maximum Gasteiger partial charge on any atom is 0.408 e. The minimum atomic E-state index is -3.42. The topological polar surface area (TPSA) is 84.9 Å². The van der Waals surface area contributed by atoms with E-state index in [4.69, 9.17) is 4.74 Å². The van der Waals surface area contributed by atoms with E-state index in [0.717, 1.165) is 7.11 Å². The van der Waals surface area contributed by atoms with Gasteiger partial charge in [-0.15, -0.1) is 0 Å². The van der Waals surface area contributed by atoms with Gasteiger partial charge < -0.3 is 19.9 Å². The second kappa shape index (κ2) is 5.51. The number of methoxy groups -OCH3 is 1. The normalized spacial score (nSPS) is 28.9. The maximum absolute atomic E-state index is 13.8. The number of nitrogens with one attached hydrogen (secondary N) is 1. The molecule has 8 heteroatoms. The summed E-state index contributed by atoms with van der Waals surface area (Å²) >= 11 is 0. The number of carbonyl (C=O) groups is 2. The number of hydrogen-bond acceptors (Lipinski definition) is 5. The predicted molar refractivity (Wildman–Crippen MR) is 64.2 cm³/mol. The molecule has 0 aromatic heterocycles. The van der Waals surface area contributed by atoms with E-state index in [2.05, 4.69) is 4.74 Å². The zero-order chi connectivity index (χ0) is 15.7. The van der Waals surface area contributed by atoms with Gasteiger partial charge >= 0.3 is 12.1 Å². The minimum absolute atomic E-state index is 0.856. The maximum atomic E-state index is 13.8. The highest BCUT2D eigenvalue weighted by Gasteiger charge is 2.58. The number of aliphatic hydroxyl groups is 1. The molecule has 0 aliphatic heterocycles. The van der Waals surface area contributed by atoms with Crippen molar-refractivity contribution in [2.45, 2.75) is 50.9 Å². The van der Waals surface area contributed by atoms with Crippen molar-refractivity contribution in [3.05, 3.63) is 0 Å². The third-order valence-corrected chi connectivity index (χ3v) is 2.88. The van der Waals surface area contributed by atoms with Crippen molar-refractivity contribution in [3.63, 3.8) is 0 Å². The number of amides is 1. The van der Waals surface area contributed by atoms with Crippen LogP contribution < -0.4 is 5.32 Å². The molecule has 1 aliphatic carbocycles. The van der Waals surface area contributed by atoms with Crippen molar-refractivity contribution in [1.29, 1.82) is 0 Å². The fourth-order valence-electron chi connectivity index (χ4n) is 2.02. The fraction of sp³-hybridized carbons (Fsp3) is 0.833. The number of esters is 1. The highest BCUT2D eigenvalue weighted by atomic mass is 19.3. The first kappa shape index (κ1) is 16.6. The molecule has 0 radical (unpaired) electrons. The number of aliphatic hydroxyl groups excluding tert-OH is 1. The van der Waals surface area contributed by atoms with Crippen LogP contribution in [0.25, 0.3) is 0 Å². The molecule has 1 amide bonds. The summed E-state index contributed by atoms with van der Waals surface area (Å²) in [6.07, 6.45) is -3.70. The van der Waals surface area contributed by atoms with Crippen LogP contribution in [0.2, 0.25) is 0 Å². The summed E-state index contributed by atoms with van der Waals surface area (Å²) in [5.41, 5.74) is -0.856. The van der Waals surface area contributed by atoms with Crippen LogP contribution in [0.5, 0.6) is 0 Å². The van der Waals surface area contributed by atoms with Crippen molar-refractivity contribution < 1.29 is 33.0 Å². The summed E-state index contributed by atoms with van der Waals surface area (Å²) in [4.78, 5) is 22.8. The highest BCUT2D eigenvalue weighted by Crippen LogP contribution is 2.40. The largest absolute Gasteiger partial charge is 0.469 e. The second-order valence-corrected chi connectivity index (χ2v) is 5.71. The molecule has 2 N–H and O–H groups in total. The van der Waals surface area contributed by atoms with E-state index < -0.39 is 48.1 Å². The Labute approximate surface area is 115 Å². The Morgan fingerprint density at radius 3 is 2.35 bits per heavy atom. The first-order valence-electron chi connectivity index (χ1n) is 6.11. The lowest BCUT2D eigenvalue weighted by Crippen LogP contribution is -2.51. The van der Waals surface area contributed by atoms with Gasteiger partial charge in [0.25, 0.3) is 5.92 Å². The van der Waals surface area contributed by atoms with E-state index in [1.807, 2.05) is 5.32 Å². The zero-order valence-electron chi connectivity index (χ0n) is 11.8. The minimum Gasteiger partial charge on any atom is -0.469 e. The van der Waals surface area contributed by atoms with E-state index in [1.165, 1.54) is 0 Å². The quantitative estimate of drug-likeness (QED) is 0.744. The first-order chi connectivity index (χ1) is 8.98. The second-order valence-electron chi connectivity index (χ2n) is 5.71. The fourth-order valence-corrected chi connectivity index (χ4v) is 2.02. The summed E-state index contributed by atoms with van der Waals surface area (Å²) in [7, 11) is 1.04. The van der Waals surface area contributed by atoms with Crippen LogP contribution in [0.4, 0.5) is 13.6 Å². The molecule has 0 aromatic carbocycles. The molecule has 116 valence electrons. The SMILES string of the molecule is COC(=O)C1CC(F)(F)C(NC(=O)OC(C)(C)C)C1O. The summed E-state index contributed by atoms with van der Waals surface area (Å²) < 4.78 is 36.7. The lowest BCUT2D eigenvalue weighted by atomic mass is 10.1. The van der Waals surface area contributed by atoms with Crippen molar-refractivity contribution >= 4 is 12.1 Å². The number of hydrogen-bond donors (Lipinski definition) is 2. The Morgan fingerprint density at radius 2 is 1.90 bits per heavy atom. The summed E-state index contributed by atoms with van der Waals surface area (Å²) in [6, 6.07) is -1.89. The van der Waals surface area contributed by atoms with Crippen LogP contribution in [0, 0.1) is 5.92 Å². The van der Waals surface area contributed by atoms with Gasteiger partial charge in [-0.1, -0.05) is 0 Å². The van der Waals surface area contributed by atoms with Crippen LogP contribution in [0.3, 0.4) is 0 Å². The van der Waals surface area contributed by atoms with E-state index in [1.54, 1.807) is 20.8 Å². The molecule has 20 heavy (non-hydrogen) atoms. The molecular weight excluding hydrogens is 276 g/mol. The standard InChI is InChI=1S/C12H19F2NO5/c1-11(2,3)20-10(18)15-8-7(16)6(9(17)19-4)5-12(8,13)14/h6-8,16H,5H2,1-4H3,(H,15,18). The van der Waals surface area contributed by atoms with Gasteiger partial charge in [0.15, 0.2) is 0 Å². The van der Waals surface area contributed by atoms with Gasteiger partial charge in [-0.3, -0.25) is 4.79 Å². The molecule has 6 nitrogen and oxygen atoms in total. The molecule has 3 atom stereocenters. The van der Waals surface area contributed by atoms with Crippen LogP contribution in [0.15, 0.2) is 0 Å². The van der Waals surface area contributed by atoms with Crippen molar-refractivity contribution in [1.82, 2.24) is 5.32 Å². The van der Waals surface area contributed by atoms with Crippen LogP contribution in [-0.2, 0) is 14.3 Å². The van der Waals surface area contributed by atoms with Crippen molar-refractivity contribution in [2.24, 2.45) is 5.92 Å². The van der Waals surface area contributed by atoms with E-state index >= 15 is 0 Å². The average molecular weight is 295 g/mol. The molecule has 1 rings (SSSR count). The molecule has 0 heterocycles. The molecule has 1 saturated carbocycles. The molecule has 3 unspecified atom stereocenters. The summed E-state index contributed by atoms with van der Waals surface area (Å²) in [6.45, 7) is 4.73. The predicted octanol–water partition coefficient (Wildman–Crippen LogP) is 1.07. The van der Waals surface area contributed by atoms with Crippen molar-refractivity contribution in [3.8, 4) is 0 Å². The van der Waals surface area contributed by atoms with Crippen LogP contribution >= 0.6 is 0 Å². The van der Waals surface area contributed by atoms with Gasteiger partial charge in [0, 0.05) is 6.42 Å². The summed E-state index contributed by atoms with van der Waals surface area (Å²) in [5.74, 6) is -5.74. The van der Waals surface area contributed by atoms with Crippen LogP contribution in [0.1, 0.15) is 27.2 Å². The van der Waals surface area contributed by atoms with Gasteiger partial charge in [0.05, 0.1) is 19.1 Å². The molecule has 0 spiro atoms. The molecule has 0 saturated heterocycles. The molecule has 0 bridgehead atoms. The van der Waals surface area contributed by atoms with Gasteiger partial charge in [-0.2, -0.15) is 0 Å². The number of halogens is 2. The lowest BCUT2D eigenvalue weighted by molar-refractivity contribution is -0.148. The molecule has 1 fully saturated rings. The van der Waals surface area contributed by atoms with Gasteiger partial charge in [0.2, 0.25) is 0 Å². The Morgan fingerprint density at radius 1 is 1.35 bits per heavy atom. The van der Waals surface area contributed by atoms with Gasteiger partial charge in [-0.25, -0.2) is 13.6 Å². The zero-order valence-corrected chi connectivity index (χ0v) is 11.8. The first-order valence-corrected chi connectivity index (χ1v) is 6.11. The average Bonchev–Trinajstić information content (AvgIpc) is 2.49. The van der Waals surface area contributed by atoms with Gasteiger partial charge in [-0.05, 0) is 20.8 Å². The third-order valence-electron chi connectivity index (χ3n) is 2.88. The van der Waals surface area contributed by atoms with E-state index in [0.29, 0.717) is 0 Å². The Hall–Kier alpha value is -1.44. The van der Waals surface area contributed by atoms with E-state index in [9.17, 15) is 23.5 Å². The van der Waals surface area contributed by atoms with E-state index in [-0.39, 0.29) is 0 Å². The number of carbonyl (C=O) groups excluding carboxylic acids is 2. The third kappa shape index (κ3) is 3.78. The monoisotopic (exact) mass is 295 g/mol. The van der Waals surface area contributed by atoms with Gasteiger partial charge in [0.1, 0.15) is 11.6 Å². The van der Waals surface area contributed by atoms with Crippen LogP contribution in [-0.4, -0.2) is 47.9 Å². The Balaban J connectivity index is 2.78. The Bertz CT molecular complexity index is 394. The number of rotatable bonds is 2. The molecular formula is C12H19F2NO5. The summed E-state index contributed by atoms with van der Waals surface area (Å²) in [5, 5.41) is 11.7. The lowest BCUT2D eigenvalue weighted by Gasteiger charge is -2.26. The highest BCUT2D eigenvalue weighted by molar-refractivity contribution is 5.75. The smallest absolute Gasteiger partial charge is 0.408 e. The van der Waals surface area contributed by atoms with Crippen molar-refractivity contribution in [2.75, 3.05) is 7.11 Å². The molecule has 1 aliphatic rings.